The second kappa shape index (κ2) is 6.55. The van der Waals surface area contributed by atoms with Crippen LogP contribution in [0.3, 0.4) is 0 Å². The predicted molar refractivity (Wildman–Crippen MR) is 78.9 cm³/mol. The minimum atomic E-state index is -1.30. The largest absolute Gasteiger partial charge is 0.488 e. The van der Waals surface area contributed by atoms with E-state index in [1.165, 1.54) is 19.1 Å². The second-order valence-electron chi connectivity index (χ2n) is 4.61. The van der Waals surface area contributed by atoms with E-state index in [1.807, 2.05) is 30.3 Å². The molecular formula is C17H13NO4. The molecule has 1 N–H and O–H groups in total. The van der Waals surface area contributed by atoms with Gasteiger partial charge in [0.1, 0.15) is 24.0 Å². The Hall–Kier alpha value is -3.13. The summed E-state index contributed by atoms with van der Waals surface area (Å²) in [7, 11) is 0. The summed E-state index contributed by atoms with van der Waals surface area (Å²) in [5, 5.41) is 18.5. The molecule has 0 amide bonds. The summed E-state index contributed by atoms with van der Waals surface area (Å²) in [6, 6.07) is 13.8. The van der Waals surface area contributed by atoms with Gasteiger partial charge >= 0.3 is 5.97 Å². The lowest BCUT2D eigenvalue weighted by Gasteiger charge is -2.12. The van der Waals surface area contributed by atoms with E-state index in [-0.39, 0.29) is 34.8 Å². The molecule has 22 heavy (non-hydrogen) atoms. The van der Waals surface area contributed by atoms with Crippen LogP contribution in [-0.2, 0) is 6.61 Å². The molecule has 110 valence electrons. The maximum Gasteiger partial charge on any atom is 0.340 e. The van der Waals surface area contributed by atoms with Crippen molar-refractivity contribution in [1.82, 2.24) is 0 Å². The zero-order chi connectivity index (χ0) is 16.1. The Bertz CT molecular complexity index is 760. The molecule has 2 aromatic rings. The average molecular weight is 295 g/mol. The van der Waals surface area contributed by atoms with E-state index in [0.717, 1.165) is 5.56 Å². The molecule has 2 aromatic carbocycles. The molecule has 5 nitrogen and oxygen atoms in total. The fraction of sp³-hybridized carbons (Fsp3) is 0.118. The summed E-state index contributed by atoms with van der Waals surface area (Å²) in [5.41, 5.74) is 0.483. The van der Waals surface area contributed by atoms with E-state index < -0.39 is 5.97 Å². The smallest absolute Gasteiger partial charge is 0.340 e. The van der Waals surface area contributed by atoms with Gasteiger partial charge in [-0.1, -0.05) is 30.3 Å². The molecule has 0 aliphatic carbocycles. The summed E-state index contributed by atoms with van der Waals surface area (Å²) in [6.45, 7) is 1.46. The molecule has 0 atom stereocenters. The van der Waals surface area contributed by atoms with Crippen molar-refractivity contribution in [2.45, 2.75) is 13.5 Å². The van der Waals surface area contributed by atoms with Crippen molar-refractivity contribution in [2.24, 2.45) is 0 Å². The lowest BCUT2D eigenvalue weighted by molar-refractivity contribution is 0.0691. The first kappa shape index (κ1) is 15.3. The second-order valence-corrected chi connectivity index (χ2v) is 4.61. The van der Waals surface area contributed by atoms with E-state index >= 15 is 0 Å². The highest BCUT2D eigenvalue weighted by Gasteiger charge is 2.22. The summed E-state index contributed by atoms with van der Waals surface area (Å²) < 4.78 is 5.52. The molecular weight excluding hydrogens is 282 g/mol. The number of hydrogen-bond acceptors (Lipinski definition) is 4. The number of Topliss-reactive ketones (excluding diaryl/α,β-unsaturated/α-hetero) is 1. The Morgan fingerprint density at radius 3 is 2.41 bits per heavy atom. The molecule has 5 heteroatoms. The van der Waals surface area contributed by atoms with E-state index in [4.69, 9.17) is 4.74 Å². The van der Waals surface area contributed by atoms with Crippen molar-refractivity contribution < 1.29 is 19.4 Å². The minimum Gasteiger partial charge on any atom is -0.488 e. The van der Waals surface area contributed by atoms with Gasteiger partial charge in [0.05, 0.1) is 5.56 Å². The van der Waals surface area contributed by atoms with Crippen LogP contribution in [0.1, 0.15) is 38.8 Å². The quantitative estimate of drug-likeness (QED) is 0.856. The number of ketones is 1. The fourth-order valence-electron chi connectivity index (χ4n) is 2.06. The number of aromatic carboxylic acids is 1. The van der Waals surface area contributed by atoms with E-state index in [0.29, 0.717) is 0 Å². The molecule has 0 aromatic heterocycles. The Kier molecular flexibility index (Phi) is 4.54. The van der Waals surface area contributed by atoms with Gasteiger partial charge in [-0.05, 0) is 24.6 Å². The maximum atomic E-state index is 11.5. The van der Waals surface area contributed by atoms with Gasteiger partial charge in [-0.2, -0.15) is 5.26 Å². The third-order valence-electron chi connectivity index (χ3n) is 3.11. The van der Waals surface area contributed by atoms with E-state index in [1.54, 1.807) is 6.07 Å². The van der Waals surface area contributed by atoms with E-state index in [9.17, 15) is 20.0 Å². The molecule has 0 saturated carbocycles. The van der Waals surface area contributed by atoms with Crippen LogP contribution in [0.15, 0.2) is 42.5 Å². The number of ether oxygens (including phenoxy) is 1. The van der Waals surface area contributed by atoms with Crippen molar-refractivity contribution in [3.05, 3.63) is 64.7 Å². The Labute approximate surface area is 127 Å². The van der Waals surface area contributed by atoms with Crippen LogP contribution in [0.25, 0.3) is 0 Å². The summed E-state index contributed by atoms with van der Waals surface area (Å²) in [5.74, 6) is -1.60. The third-order valence-corrected chi connectivity index (χ3v) is 3.11. The third kappa shape index (κ3) is 3.13. The topological polar surface area (TPSA) is 87.4 Å². The number of benzene rings is 2. The number of carbonyl (C=O) groups is 2. The van der Waals surface area contributed by atoms with Crippen LogP contribution in [0.4, 0.5) is 0 Å². The summed E-state index contributed by atoms with van der Waals surface area (Å²) in [6.07, 6.45) is 0. The molecule has 0 spiro atoms. The first-order valence-corrected chi connectivity index (χ1v) is 6.52. The fourth-order valence-corrected chi connectivity index (χ4v) is 2.06. The number of nitriles is 1. The molecule has 2 rings (SSSR count). The summed E-state index contributed by atoms with van der Waals surface area (Å²) in [4.78, 5) is 23.0. The predicted octanol–water partition coefficient (Wildman–Crippen LogP) is 3.04. The SMILES string of the molecule is CC(=O)c1ccc(OCc2ccccc2)c(C(=O)O)c1C#N. The number of carboxylic acids is 1. The van der Waals surface area contributed by atoms with Gasteiger partial charge in [-0.3, -0.25) is 4.79 Å². The first-order chi connectivity index (χ1) is 10.5. The van der Waals surface area contributed by atoms with Crippen molar-refractivity contribution in [3.63, 3.8) is 0 Å². The molecule has 0 heterocycles. The highest BCUT2D eigenvalue weighted by atomic mass is 16.5. The van der Waals surface area contributed by atoms with Crippen molar-refractivity contribution in [3.8, 4) is 11.8 Å². The monoisotopic (exact) mass is 295 g/mol. The van der Waals surface area contributed by atoms with Crippen LogP contribution >= 0.6 is 0 Å². The lowest BCUT2D eigenvalue weighted by atomic mass is 9.98. The van der Waals surface area contributed by atoms with Gasteiger partial charge < -0.3 is 9.84 Å². The molecule has 0 radical (unpaired) electrons. The Morgan fingerprint density at radius 1 is 1.18 bits per heavy atom. The van der Waals surface area contributed by atoms with Crippen LogP contribution in [0.5, 0.6) is 5.75 Å². The molecule has 0 saturated heterocycles. The van der Waals surface area contributed by atoms with Gasteiger partial charge in [0, 0.05) is 5.56 Å². The molecule has 0 fully saturated rings. The average Bonchev–Trinajstić information content (AvgIpc) is 2.52. The molecule has 0 bridgehead atoms. The van der Waals surface area contributed by atoms with Gasteiger partial charge in [-0.15, -0.1) is 0 Å². The highest BCUT2D eigenvalue weighted by molar-refractivity contribution is 6.02. The zero-order valence-corrected chi connectivity index (χ0v) is 11.9. The molecule has 0 aliphatic rings. The van der Waals surface area contributed by atoms with Crippen molar-refractivity contribution in [2.75, 3.05) is 0 Å². The number of carbonyl (C=O) groups excluding carboxylic acids is 1. The Balaban J connectivity index is 2.42. The first-order valence-electron chi connectivity index (χ1n) is 6.52. The number of carboxylic acid groups (broad SMARTS) is 1. The van der Waals surface area contributed by atoms with Crippen LogP contribution in [0.2, 0.25) is 0 Å². The van der Waals surface area contributed by atoms with Crippen LogP contribution in [0, 0.1) is 11.3 Å². The Morgan fingerprint density at radius 2 is 1.86 bits per heavy atom. The summed E-state index contributed by atoms with van der Waals surface area (Å²) >= 11 is 0. The van der Waals surface area contributed by atoms with Gasteiger partial charge in [-0.25, -0.2) is 4.79 Å². The maximum absolute atomic E-state index is 11.5. The van der Waals surface area contributed by atoms with Crippen molar-refractivity contribution in [1.29, 1.82) is 5.26 Å². The van der Waals surface area contributed by atoms with Gasteiger partial charge in [0.15, 0.2) is 5.78 Å². The number of rotatable bonds is 5. The normalized spacial score (nSPS) is 9.82. The van der Waals surface area contributed by atoms with Crippen LogP contribution in [-0.4, -0.2) is 16.9 Å². The minimum absolute atomic E-state index is 0.0675. The zero-order valence-electron chi connectivity index (χ0n) is 11.9. The number of hydrogen-bond donors (Lipinski definition) is 1. The van der Waals surface area contributed by atoms with E-state index in [2.05, 4.69) is 0 Å². The van der Waals surface area contributed by atoms with Crippen LogP contribution < -0.4 is 4.74 Å². The highest BCUT2D eigenvalue weighted by Crippen LogP contribution is 2.26. The van der Waals surface area contributed by atoms with Gasteiger partial charge in [0.25, 0.3) is 0 Å². The van der Waals surface area contributed by atoms with Crippen molar-refractivity contribution >= 4 is 11.8 Å². The van der Waals surface area contributed by atoms with Gasteiger partial charge in [0.2, 0.25) is 0 Å². The number of nitrogens with zero attached hydrogens (tertiary/aromatic N) is 1. The standard InChI is InChI=1S/C17H13NO4/c1-11(19)13-7-8-15(16(17(20)21)14(13)9-18)22-10-12-5-3-2-4-6-12/h2-8H,10H2,1H3,(H,20,21). The molecule has 0 aliphatic heterocycles. The lowest BCUT2D eigenvalue weighted by Crippen LogP contribution is -2.10. The molecule has 0 unspecified atom stereocenters.